The van der Waals surface area contributed by atoms with Crippen LogP contribution >= 0.6 is 0 Å². The average Bonchev–Trinajstić information content (AvgIpc) is 2.28. The number of rotatable bonds is 4. The van der Waals surface area contributed by atoms with Crippen molar-refractivity contribution >= 4 is 5.97 Å². The standard InChI is InChI=1S/C12H16N2O3/c1-8(2)5-17-10-4-9(11(15)16-3)12(10,6-13)7-14/h8-10H,4-5H2,1-3H3. The fourth-order valence-electron chi connectivity index (χ4n) is 1.91. The number of carbonyl (C=O) groups is 1. The van der Waals surface area contributed by atoms with E-state index < -0.39 is 23.4 Å². The molecule has 5 nitrogen and oxygen atoms in total. The van der Waals surface area contributed by atoms with Crippen molar-refractivity contribution in [3.63, 3.8) is 0 Å². The first kappa shape index (κ1) is 13.5. The fourth-order valence-corrected chi connectivity index (χ4v) is 1.91. The van der Waals surface area contributed by atoms with E-state index in [1.165, 1.54) is 7.11 Å². The second-order valence-corrected chi connectivity index (χ2v) is 4.62. The van der Waals surface area contributed by atoms with Crippen LogP contribution < -0.4 is 0 Å². The van der Waals surface area contributed by atoms with E-state index >= 15 is 0 Å². The van der Waals surface area contributed by atoms with Gasteiger partial charge in [-0.05, 0) is 12.3 Å². The number of hydrogen-bond acceptors (Lipinski definition) is 5. The zero-order valence-electron chi connectivity index (χ0n) is 10.3. The van der Waals surface area contributed by atoms with Crippen LogP contribution in [0.15, 0.2) is 0 Å². The van der Waals surface area contributed by atoms with Gasteiger partial charge in [0.15, 0.2) is 5.41 Å². The van der Waals surface area contributed by atoms with Crippen LogP contribution in [0, 0.1) is 39.9 Å². The van der Waals surface area contributed by atoms with Gasteiger partial charge in [0.25, 0.3) is 0 Å². The Morgan fingerprint density at radius 1 is 1.47 bits per heavy atom. The third kappa shape index (κ3) is 2.25. The Labute approximate surface area is 101 Å². The molecule has 0 aliphatic heterocycles. The van der Waals surface area contributed by atoms with E-state index in [0.717, 1.165) is 0 Å². The van der Waals surface area contributed by atoms with Crippen molar-refractivity contribution in [3.8, 4) is 12.1 Å². The molecule has 1 saturated carbocycles. The van der Waals surface area contributed by atoms with Crippen molar-refractivity contribution in [1.29, 1.82) is 10.5 Å². The Morgan fingerprint density at radius 3 is 2.47 bits per heavy atom. The summed E-state index contributed by atoms with van der Waals surface area (Å²) in [6.07, 6.45) is -0.121. The minimum atomic E-state index is -1.39. The van der Waals surface area contributed by atoms with Crippen molar-refractivity contribution in [2.75, 3.05) is 13.7 Å². The molecule has 17 heavy (non-hydrogen) atoms. The second kappa shape index (κ2) is 5.16. The summed E-state index contributed by atoms with van der Waals surface area (Å²) in [5, 5.41) is 18.3. The third-order valence-electron chi connectivity index (χ3n) is 2.99. The highest BCUT2D eigenvalue weighted by atomic mass is 16.5. The number of nitriles is 2. The number of hydrogen-bond donors (Lipinski definition) is 0. The Bertz CT molecular complexity index is 364. The van der Waals surface area contributed by atoms with Gasteiger partial charge in [-0.3, -0.25) is 4.79 Å². The van der Waals surface area contributed by atoms with E-state index in [1.54, 1.807) is 0 Å². The summed E-state index contributed by atoms with van der Waals surface area (Å²) in [7, 11) is 1.25. The molecule has 5 heteroatoms. The van der Waals surface area contributed by atoms with E-state index in [1.807, 2.05) is 26.0 Å². The molecule has 2 atom stereocenters. The van der Waals surface area contributed by atoms with Gasteiger partial charge in [0.05, 0.1) is 31.3 Å². The largest absolute Gasteiger partial charge is 0.469 e. The molecule has 0 aromatic heterocycles. The number of nitrogens with zero attached hydrogens (tertiary/aromatic N) is 2. The van der Waals surface area contributed by atoms with Gasteiger partial charge in [-0.2, -0.15) is 10.5 Å². The molecule has 92 valence electrons. The van der Waals surface area contributed by atoms with Crippen LogP contribution in [0.2, 0.25) is 0 Å². The average molecular weight is 236 g/mol. The maximum Gasteiger partial charge on any atom is 0.311 e. The fraction of sp³-hybridized carbons (Fsp3) is 0.750. The monoisotopic (exact) mass is 236 g/mol. The topological polar surface area (TPSA) is 83.1 Å². The van der Waals surface area contributed by atoms with Crippen molar-refractivity contribution in [1.82, 2.24) is 0 Å². The SMILES string of the molecule is COC(=O)C1CC(OCC(C)C)C1(C#N)C#N. The normalized spacial score (nSPS) is 25.5. The second-order valence-electron chi connectivity index (χ2n) is 4.62. The predicted molar refractivity (Wildman–Crippen MR) is 58.4 cm³/mol. The van der Waals surface area contributed by atoms with E-state index in [4.69, 9.17) is 15.3 Å². The summed E-state index contributed by atoms with van der Waals surface area (Å²) >= 11 is 0. The van der Waals surface area contributed by atoms with Crippen LogP contribution in [0.1, 0.15) is 20.3 Å². The molecule has 1 aliphatic carbocycles. The van der Waals surface area contributed by atoms with Gasteiger partial charge in [-0.15, -0.1) is 0 Å². The molecule has 1 rings (SSSR count). The minimum absolute atomic E-state index is 0.322. The van der Waals surface area contributed by atoms with Crippen LogP contribution in [0.4, 0.5) is 0 Å². The molecule has 2 unspecified atom stereocenters. The molecule has 1 aliphatic rings. The van der Waals surface area contributed by atoms with Crippen molar-refractivity contribution in [2.24, 2.45) is 17.3 Å². The molecule has 0 radical (unpaired) electrons. The van der Waals surface area contributed by atoms with E-state index in [0.29, 0.717) is 18.9 Å². The Balaban J connectivity index is 2.76. The maximum atomic E-state index is 11.4. The Morgan fingerprint density at radius 2 is 2.06 bits per heavy atom. The van der Waals surface area contributed by atoms with Gasteiger partial charge in [0, 0.05) is 6.61 Å². The number of carbonyl (C=O) groups excluding carboxylic acids is 1. The van der Waals surface area contributed by atoms with Crippen molar-refractivity contribution in [3.05, 3.63) is 0 Å². The molecule has 0 saturated heterocycles. The molecule has 0 bridgehead atoms. The van der Waals surface area contributed by atoms with Gasteiger partial charge in [-0.1, -0.05) is 13.8 Å². The van der Waals surface area contributed by atoms with E-state index in [9.17, 15) is 4.79 Å². The maximum absolute atomic E-state index is 11.4. The zero-order valence-corrected chi connectivity index (χ0v) is 10.3. The lowest BCUT2D eigenvalue weighted by Gasteiger charge is -2.44. The summed E-state index contributed by atoms with van der Waals surface area (Å²) in [4.78, 5) is 11.4. The molecule has 0 amide bonds. The highest BCUT2D eigenvalue weighted by Crippen LogP contribution is 2.48. The highest BCUT2D eigenvalue weighted by Gasteiger charge is 2.61. The zero-order chi connectivity index (χ0) is 13.1. The van der Waals surface area contributed by atoms with Gasteiger partial charge in [0.1, 0.15) is 0 Å². The molecule has 0 heterocycles. The van der Waals surface area contributed by atoms with E-state index in [2.05, 4.69) is 4.74 Å². The lowest BCUT2D eigenvalue weighted by Crippen LogP contribution is -2.56. The number of ether oxygens (including phenoxy) is 2. The lowest BCUT2D eigenvalue weighted by molar-refractivity contribution is -0.169. The van der Waals surface area contributed by atoms with Crippen LogP contribution in [0.25, 0.3) is 0 Å². The highest BCUT2D eigenvalue weighted by molar-refractivity contribution is 5.76. The Kier molecular flexibility index (Phi) is 4.09. The molecule has 0 aromatic rings. The van der Waals surface area contributed by atoms with Crippen molar-refractivity contribution < 1.29 is 14.3 Å². The first-order valence-electron chi connectivity index (χ1n) is 5.53. The minimum Gasteiger partial charge on any atom is -0.469 e. The molecule has 0 spiro atoms. The van der Waals surface area contributed by atoms with E-state index in [-0.39, 0.29) is 0 Å². The lowest BCUT2D eigenvalue weighted by atomic mass is 9.59. The number of esters is 1. The summed E-state index contributed by atoms with van der Waals surface area (Å²) in [6, 6.07) is 3.83. The molecule has 0 N–H and O–H groups in total. The Hall–Kier alpha value is -1.59. The quantitative estimate of drug-likeness (QED) is 0.686. The molecular formula is C12H16N2O3. The molecule has 0 aromatic carbocycles. The van der Waals surface area contributed by atoms with Crippen LogP contribution in [-0.4, -0.2) is 25.8 Å². The van der Waals surface area contributed by atoms with Crippen LogP contribution in [-0.2, 0) is 14.3 Å². The van der Waals surface area contributed by atoms with Crippen molar-refractivity contribution in [2.45, 2.75) is 26.4 Å². The van der Waals surface area contributed by atoms with Gasteiger partial charge >= 0.3 is 5.97 Å². The first-order valence-corrected chi connectivity index (χ1v) is 5.53. The third-order valence-corrected chi connectivity index (χ3v) is 2.99. The van der Waals surface area contributed by atoms with Gasteiger partial charge in [-0.25, -0.2) is 0 Å². The number of methoxy groups -OCH3 is 1. The predicted octanol–water partition coefficient (Wildman–Crippen LogP) is 1.25. The van der Waals surface area contributed by atoms with Crippen LogP contribution in [0.3, 0.4) is 0 Å². The summed E-state index contributed by atoms with van der Waals surface area (Å²) in [5.41, 5.74) is -1.39. The molecular weight excluding hydrogens is 220 g/mol. The molecule has 1 fully saturated rings. The summed E-state index contributed by atoms with van der Waals surface area (Å²) in [5.74, 6) is -0.889. The first-order chi connectivity index (χ1) is 8.01. The van der Waals surface area contributed by atoms with Crippen LogP contribution in [0.5, 0.6) is 0 Å². The smallest absolute Gasteiger partial charge is 0.311 e. The van der Waals surface area contributed by atoms with Gasteiger partial charge < -0.3 is 9.47 Å². The summed E-state index contributed by atoms with van der Waals surface area (Å²) < 4.78 is 10.1. The summed E-state index contributed by atoms with van der Waals surface area (Å²) in [6.45, 7) is 4.44. The van der Waals surface area contributed by atoms with Gasteiger partial charge in [0.2, 0.25) is 0 Å².